The van der Waals surface area contributed by atoms with Gasteiger partial charge in [-0.15, -0.1) is 6.58 Å². The predicted octanol–water partition coefficient (Wildman–Crippen LogP) is 3.34. The van der Waals surface area contributed by atoms with Crippen molar-refractivity contribution in [2.24, 2.45) is 4.99 Å². The summed E-state index contributed by atoms with van der Waals surface area (Å²) in [5, 5.41) is 0. The molecule has 0 rings (SSSR count). The summed E-state index contributed by atoms with van der Waals surface area (Å²) < 4.78 is 0. The number of rotatable bonds is 4. The van der Waals surface area contributed by atoms with E-state index < -0.39 is 0 Å². The maximum atomic E-state index is 4.36. The first-order chi connectivity index (χ1) is 5.20. The summed E-state index contributed by atoms with van der Waals surface area (Å²) in [5.74, 6) is 0. The summed E-state index contributed by atoms with van der Waals surface area (Å²) in [6.45, 7) is 9.81. The predicted molar refractivity (Wildman–Crippen MR) is 52.0 cm³/mol. The highest BCUT2D eigenvalue weighted by atomic mass is 14.7. The molecule has 0 aromatic heterocycles. The van der Waals surface area contributed by atoms with Crippen LogP contribution in [0.4, 0.5) is 0 Å². The first-order valence-electron chi connectivity index (χ1n) is 4.02. The third-order valence-electron chi connectivity index (χ3n) is 1.46. The minimum atomic E-state index is 0.909. The Kier molecular flexibility index (Phi) is 5.44. The third kappa shape index (κ3) is 5.59. The summed E-state index contributed by atoms with van der Waals surface area (Å²) in [5.41, 5.74) is 2.27. The van der Waals surface area contributed by atoms with Gasteiger partial charge in [-0.1, -0.05) is 19.1 Å². The zero-order valence-corrected chi connectivity index (χ0v) is 7.72. The van der Waals surface area contributed by atoms with E-state index in [0.29, 0.717) is 0 Å². The molecule has 0 atom stereocenters. The zero-order valence-electron chi connectivity index (χ0n) is 7.72. The van der Waals surface area contributed by atoms with Gasteiger partial charge in [-0.3, -0.25) is 4.99 Å². The molecule has 0 saturated heterocycles. The van der Waals surface area contributed by atoms with Crippen molar-refractivity contribution in [3.63, 3.8) is 0 Å². The molecule has 0 bridgehead atoms. The fourth-order valence-electron chi connectivity index (χ4n) is 0.680. The van der Waals surface area contributed by atoms with E-state index in [1.165, 1.54) is 5.71 Å². The molecule has 0 aromatic carbocycles. The van der Waals surface area contributed by atoms with Gasteiger partial charge in [0.25, 0.3) is 0 Å². The molecule has 0 aliphatic heterocycles. The molecule has 0 aliphatic carbocycles. The molecule has 0 aliphatic rings. The zero-order chi connectivity index (χ0) is 8.69. The number of aliphatic imine (C=N–C) groups is 1. The molecule has 0 saturated carbocycles. The second-order valence-electron chi connectivity index (χ2n) is 2.57. The van der Waals surface area contributed by atoms with E-state index in [-0.39, 0.29) is 0 Å². The average Bonchev–Trinajstić information content (AvgIpc) is 2.00. The number of allylic oxidation sites excluding steroid dienone is 3. The lowest BCUT2D eigenvalue weighted by Gasteiger charge is -1.94. The minimum Gasteiger partial charge on any atom is -0.263 e. The molecule has 0 amide bonds. The lowest BCUT2D eigenvalue weighted by atomic mass is 10.3. The van der Waals surface area contributed by atoms with Crippen LogP contribution in [0.15, 0.2) is 29.4 Å². The molecule has 11 heavy (non-hydrogen) atoms. The lowest BCUT2D eigenvalue weighted by Crippen LogP contribution is -1.86. The van der Waals surface area contributed by atoms with E-state index in [9.17, 15) is 0 Å². The topological polar surface area (TPSA) is 12.4 Å². The Morgan fingerprint density at radius 2 is 2.09 bits per heavy atom. The highest BCUT2D eigenvalue weighted by Crippen LogP contribution is 1.99. The van der Waals surface area contributed by atoms with Gasteiger partial charge < -0.3 is 0 Å². The highest BCUT2D eigenvalue weighted by molar-refractivity contribution is 5.82. The van der Waals surface area contributed by atoms with E-state index in [1.54, 1.807) is 0 Å². The van der Waals surface area contributed by atoms with Gasteiger partial charge in [-0.25, -0.2) is 0 Å². The van der Waals surface area contributed by atoms with E-state index in [2.05, 4.69) is 24.6 Å². The minimum absolute atomic E-state index is 0.909. The Labute approximate surface area is 69.5 Å². The van der Waals surface area contributed by atoms with Crippen LogP contribution < -0.4 is 0 Å². The van der Waals surface area contributed by atoms with E-state index in [1.807, 2.05) is 19.9 Å². The molecule has 0 heterocycles. The van der Waals surface area contributed by atoms with Crippen molar-refractivity contribution >= 4 is 5.71 Å². The summed E-state index contributed by atoms with van der Waals surface area (Å²) in [4.78, 5) is 4.36. The number of nitrogens with zero attached hydrogens (tertiary/aromatic N) is 1. The van der Waals surface area contributed by atoms with Gasteiger partial charge in [0.05, 0.1) is 0 Å². The van der Waals surface area contributed by atoms with Crippen molar-refractivity contribution in [1.29, 1.82) is 0 Å². The smallest absolute Gasteiger partial charge is 0.0335 e. The standard InChI is InChI=1S/C10H17N/c1-5-7-8-10(4)11-9(3)6-2/h5,8H,1,6-7H2,2-4H3/b10-8-,11-9?. The molecule has 62 valence electrons. The van der Waals surface area contributed by atoms with Crippen LogP contribution in [0.3, 0.4) is 0 Å². The molecule has 1 nitrogen and oxygen atoms in total. The summed E-state index contributed by atoms with van der Waals surface area (Å²) in [6, 6.07) is 0. The summed E-state index contributed by atoms with van der Waals surface area (Å²) in [7, 11) is 0. The van der Waals surface area contributed by atoms with Crippen LogP contribution in [0.25, 0.3) is 0 Å². The van der Waals surface area contributed by atoms with Gasteiger partial charge in [0.15, 0.2) is 0 Å². The lowest BCUT2D eigenvalue weighted by molar-refractivity contribution is 1.18. The van der Waals surface area contributed by atoms with E-state index >= 15 is 0 Å². The maximum Gasteiger partial charge on any atom is 0.0335 e. The molecule has 0 radical (unpaired) electrons. The molecule has 0 N–H and O–H groups in total. The van der Waals surface area contributed by atoms with Crippen molar-refractivity contribution in [2.75, 3.05) is 0 Å². The van der Waals surface area contributed by atoms with Crippen LogP contribution in [0.1, 0.15) is 33.6 Å². The fraction of sp³-hybridized carbons (Fsp3) is 0.500. The Balaban J connectivity index is 4.02. The Morgan fingerprint density at radius 1 is 1.45 bits per heavy atom. The van der Waals surface area contributed by atoms with Crippen LogP contribution >= 0.6 is 0 Å². The normalized spacial score (nSPS) is 13.4. The molecule has 0 spiro atoms. The summed E-state index contributed by atoms with van der Waals surface area (Å²) >= 11 is 0. The second kappa shape index (κ2) is 5.90. The Hall–Kier alpha value is -0.850. The largest absolute Gasteiger partial charge is 0.263 e. The first kappa shape index (κ1) is 10.2. The molecule has 0 aromatic rings. The Morgan fingerprint density at radius 3 is 2.55 bits per heavy atom. The first-order valence-corrected chi connectivity index (χ1v) is 4.02. The highest BCUT2D eigenvalue weighted by Gasteiger charge is 1.85. The molecular weight excluding hydrogens is 134 g/mol. The van der Waals surface area contributed by atoms with Crippen LogP contribution in [0, 0.1) is 0 Å². The van der Waals surface area contributed by atoms with Crippen molar-refractivity contribution in [1.82, 2.24) is 0 Å². The second-order valence-corrected chi connectivity index (χ2v) is 2.57. The third-order valence-corrected chi connectivity index (χ3v) is 1.46. The number of hydrogen-bond donors (Lipinski definition) is 0. The molecule has 0 unspecified atom stereocenters. The average molecular weight is 151 g/mol. The van der Waals surface area contributed by atoms with Gasteiger partial charge >= 0.3 is 0 Å². The van der Waals surface area contributed by atoms with Gasteiger partial charge in [0.1, 0.15) is 0 Å². The fourth-order valence-corrected chi connectivity index (χ4v) is 0.680. The van der Waals surface area contributed by atoms with E-state index in [4.69, 9.17) is 0 Å². The van der Waals surface area contributed by atoms with Crippen molar-refractivity contribution in [2.45, 2.75) is 33.6 Å². The molecule has 0 fully saturated rings. The van der Waals surface area contributed by atoms with Gasteiger partial charge in [-0.2, -0.15) is 0 Å². The van der Waals surface area contributed by atoms with Gasteiger partial charge in [0, 0.05) is 11.4 Å². The van der Waals surface area contributed by atoms with Crippen LogP contribution in [0.5, 0.6) is 0 Å². The van der Waals surface area contributed by atoms with Crippen LogP contribution in [-0.4, -0.2) is 5.71 Å². The van der Waals surface area contributed by atoms with Crippen molar-refractivity contribution in [3.8, 4) is 0 Å². The van der Waals surface area contributed by atoms with Crippen LogP contribution in [0.2, 0.25) is 0 Å². The van der Waals surface area contributed by atoms with Crippen LogP contribution in [-0.2, 0) is 0 Å². The monoisotopic (exact) mass is 151 g/mol. The molecule has 1 heteroatoms. The van der Waals surface area contributed by atoms with Gasteiger partial charge in [0.2, 0.25) is 0 Å². The van der Waals surface area contributed by atoms with Crippen molar-refractivity contribution in [3.05, 3.63) is 24.4 Å². The van der Waals surface area contributed by atoms with E-state index in [0.717, 1.165) is 18.5 Å². The maximum absolute atomic E-state index is 4.36. The van der Waals surface area contributed by atoms with Crippen molar-refractivity contribution < 1.29 is 0 Å². The number of hydrogen-bond acceptors (Lipinski definition) is 1. The quantitative estimate of drug-likeness (QED) is 0.431. The van der Waals surface area contributed by atoms with Gasteiger partial charge in [-0.05, 0) is 26.7 Å². The Bertz CT molecular complexity index is 175. The summed E-state index contributed by atoms with van der Waals surface area (Å²) in [6.07, 6.45) is 5.89. The SMILES string of the molecule is C=CC/C=C(/C)N=C(C)CC. The molecular formula is C10H17N.